The number of benzene rings is 2. The van der Waals surface area contributed by atoms with Gasteiger partial charge in [-0.25, -0.2) is 4.79 Å². The number of halogens is 6. The Morgan fingerprint density at radius 3 is 2.28 bits per heavy atom. The van der Waals surface area contributed by atoms with Gasteiger partial charge < -0.3 is 30.0 Å². The van der Waals surface area contributed by atoms with Crippen molar-refractivity contribution < 1.29 is 55.2 Å². The smallest absolute Gasteiger partial charge is 0.416 e. The summed E-state index contributed by atoms with van der Waals surface area (Å²) >= 11 is 0. The van der Waals surface area contributed by atoms with E-state index >= 15 is 0 Å². The first kappa shape index (κ1) is 36.7. The Bertz CT molecular complexity index is 1700. The Morgan fingerprint density at radius 1 is 1.04 bits per heavy atom. The summed E-state index contributed by atoms with van der Waals surface area (Å²) < 4.78 is 99.2. The first-order chi connectivity index (χ1) is 23.5. The summed E-state index contributed by atoms with van der Waals surface area (Å²) in [7, 11) is 1.43. The fraction of sp³-hybridized carbons (Fsp3) is 0.441. The maximum atomic E-state index is 13.8. The molecule has 2 aliphatic rings. The van der Waals surface area contributed by atoms with Gasteiger partial charge >= 0.3 is 24.4 Å². The molecule has 3 aromatic rings. The van der Waals surface area contributed by atoms with Gasteiger partial charge in [-0.15, -0.1) is 0 Å². The summed E-state index contributed by atoms with van der Waals surface area (Å²) in [4.78, 5) is 32.5. The zero-order valence-corrected chi connectivity index (χ0v) is 27.2. The third kappa shape index (κ3) is 7.91. The molecule has 3 heterocycles. The van der Waals surface area contributed by atoms with Gasteiger partial charge in [0.2, 0.25) is 0 Å². The average Bonchev–Trinajstić information content (AvgIpc) is 3.07. The highest BCUT2D eigenvalue weighted by molar-refractivity contribution is 5.92. The van der Waals surface area contributed by atoms with Crippen molar-refractivity contribution in [2.45, 2.75) is 56.5 Å². The van der Waals surface area contributed by atoms with Gasteiger partial charge in [0.05, 0.1) is 61.1 Å². The lowest BCUT2D eigenvalue weighted by Crippen LogP contribution is -2.61. The molecule has 50 heavy (non-hydrogen) atoms. The van der Waals surface area contributed by atoms with Crippen LogP contribution in [0.25, 0.3) is 0 Å². The Kier molecular flexibility index (Phi) is 10.5. The number of nitrogens with two attached hydrogens (primary N) is 1. The Morgan fingerprint density at radius 2 is 1.70 bits per heavy atom. The number of fused-ring (bicyclic) bond motifs is 1. The molecular weight excluding hydrogens is 674 g/mol. The topological polar surface area (TPSA) is 127 Å². The number of nitrogens with zero attached hydrogens (tertiary/aromatic N) is 3. The van der Waals surface area contributed by atoms with E-state index in [9.17, 15) is 35.9 Å². The minimum Gasteiger partial charge on any atom is -0.497 e. The first-order valence-corrected chi connectivity index (χ1v) is 15.8. The van der Waals surface area contributed by atoms with Gasteiger partial charge in [0.25, 0.3) is 0 Å². The van der Waals surface area contributed by atoms with Crippen LogP contribution in [0.2, 0.25) is 0 Å². The van der Waals surface area contributed by atoms with Gasteiger partial charge in [0, 0.05) is 19.0 Å². The zero-order chi connectivity index (χ0) is 36.4. The monoisotopic (exact) mass is 710 g/mol. The number of hydrogen-bond donors (Lipinski definition) is 2. The number of aromatic nitrogens is 1. The Balaban J connectivity index is 1.67. The van der Waals surface area contributed by atoms with Gasteiger partial charge in [0.15, 0.2) is 0 Å². The van der Waals surface area contributed by atoms with Crippen molar-refractivity contribution in [3.05, 3.63) is 82.2 Å². The molecule has 270 valence electrons. The normalized spacial score (nSPS) is 19.6. The number of alkyl halides is 6. The van der Waals surface area contributed by atoms with Crippen molar-refractivity contribution in [2.75, 3.05) is 49.8 Å². The van der Waals surface area contributed by atoms with Crippen LogP contribution in [-0.2, 0) is 33.0 Å². The fourth-order valence-electron chi connectivity index (χ4n) is 6.35. The lowest BCUT2D eigenvalue weighted by Gasteiger charge is -2.47. The number of methoxy groups -OCH3 is 1. The number of aliphatic carboxylic acids is 1. The van der Waals surface area contributed by atoms with Crippen molar-refractivity contribution in [3.8, 4) is 5.75 Å². The van der Waals surface area contributed by atoms with E-state index in [1.165, 1.54) is 12.0 Å². The molecule has 0 bridgehead atoms. The summed E-state index contributed by atoms with van der Waals surface area (Å²) in [6, 6.07) is 8.02. The number of rotatable bonds is 9. The van der Waals surface area contributed by atoms with Crippen molar-refractivity contribution >= 4 is 23.4 Å². The molecule has 0 aliphatic carbocycles. The van der Waals surface area contributed by atoms with Crippen LogP contribution in [0, 0.1) is 0 Å². The van der Waals surface area contributed by atoms with E-state index in [1.807, 2.05) is 4.90 Å². The number of hydrogen-bond acceptors (Lipinski definition) is 8. The summed E-state index contributed by atoms with van der Waals surface area (Å²) in [5.41, 5.74) is 4.49. The number of morpholine rings is 1. The predicted octanol–water partition coefficient (Wildman–Crippen LogP) is 6.57. The molecule has 1 aromatic heterocycles. The molecule has 2 aromatic carbocycles. The van der Waals surface area contributed by atoms with E-state index in [2.05, 4.69) is 0 Å². The number of ether oxygens (including phenoxy) is 3. The lowest BCUT2D eigenvalue weighted by molar-refractivity contribution is -0.143. The molecule has 0 unspecified atom stereocenters. The standard InChI is InChI=1S/C34H36F6N4O6/c1-3-32(41)18-27(26-17-25(48-2)4-5-28(26)44(32)31(47)50-9-6-29(45)46)30-21(15-24(19-42-30)43-7-10-49-11-8-43)12-20-13-22(33(35,36)37)16-23(14-20)34(38,39)40/h4-5,13-17,19,27H,3,6-12,18,41H2,1-2H3,(H,45,46)/t27-,32+/m0/s1. The zero-order valence-electron chi connectivity index (χ0n) is 27.2. The van der Waals surface area contributed by atoms with Crippen molar-refractivity contribution in [1.82, 2.24) is 4.98 Å². The number of carboxylic acids is 1. The van der Waals surface area contributed by atoms with Crippen LogP contribution in [0.3, 0.4) is 0 Å². The van der Waals surface area contributed by atoms with E-state index in [0.29, 0.717) is 72.4 Å². The fourth-order valence-corrected chi connectivity index (χ4v) is 6.35. The summed E-state index contributed by atoms with van der Waals surface area (Å²) in [5, 5.41) is 9.03. The van der Waals surface area contributed by atoms with Crippen LogP contribution in [0.15, 0.2) is 48.7 Å². The van der Waals surface area contributed by atoms with Gasteiger partial charge in [-0.3, -0.25) is 14.7 Å². The molecule has 1 saturated heterocycles. The van der Waals surface area contributed by atoms with Crippen LogP contribution >= 0.6 is 0 Å². The molecule has 16 heteroatoms. The average molecular weight is 711 g/mol. The van der Waals surface area contributed by atoms with Gasteiger partial charge in [-0.2, -0.15) is 26.3 Å². The third-order valence-corrected chi connectivity index (χ3v) is 8.93. The second kappa shape index (κ2) is 14.3. The molecule has 3 N–H and O–H groups in total. The van der Waals surface area contributed by atoms with Crippen molar-refractivity contribution in [2.24, 2.45) is 5.73 Å². The van der Waals surface area contributed by atoms with Crippen LogP contribution in [0.5, 0.6) is 5.75 Å². The summed E-state index contributed by atoms with van der Waals surface area (Å²) in [5.74, 6) is -1.48. The highest BCUT2D eigenvalue weighted by atomic mass is 19.4. The van der Waals surface area contributed by atoms with E-state index in [1.54, 1.807) is 37.4 Å². The number of amides is 1. The second-order valence-corrected chi connectivity index (χ2v) is 12.2. The Hall–Kier alpha value is -4.57. The SMILES string of the molecule is CC[C@]1(N)C[C@H](c2ncc(N3CCOCC3)cc2Cc2cc(C(F)(F)F)cc(C(F)(F)F)c2)c2cc(OC)ccc2N1C(=O)OCCC(=O)O. The molecule has 0 spiro atoms. The quantitative estimate of drug-likeness (QED) is 0.237. The molecule has 2 aliphatic heterocycles. The van der Waals surface area contributed by atoms with E-state index in [-0.39, 0.29) is 30.9 Å². The van der Waals surface area contributed by atoms with Gasteiger partial charge in [-0.05, 0) is 78.4 Å². The van der Waals surface area contributed by atoms with Crippen molar-refractivity contribution in [3.63, 3.8) is 0 Å². The van der Waals surface area contributed by atoms with Crippen LogP contribution in [0.4, 0.5) is 42.5 Å². The number of carbonyl (C=O) groups excluding carboxylic acids is 1. The van der Waals surface area contributed by atoms with Gasteiger partial charge in [0.1, 0.15) is 18.0 Å². The highest BCUT2D eigenvalue weighted by Gasteiger charge is 2.46. The molecule has 2 atom stereocenters. The van der Waals surface area contributed by atoms with Crippen LogP contribution in [0.1, 0.15) is 65.6 Å². The van der Waals surface area contributed by atoms with Gasteiger partial charge in [-0.1, -0.05) is 6.92 Å². The first-order valence-electron chi connectivity index (χ1n) is 15.8. The Labute approximate surface area is 283 Å². The number of carbonyl (C=O) groups is 2. The third-order valence-electron chi connectivity index (χ3n) is 8.93. The number of carboxylic acid groups (broad SMARTS) is 1. The maximum absolute atomic E-state index is 13.8. The molecule has 0 radical (unpaired) electrons. The second-order valence-electron chi connectivity index (χ2n) is 12.2. The summed E-state index contributed by atoms with van der Waals surface area (Å²) in [6.07, 6.45) is -9.93. The highest BCUT2D eigenvalue weighted by Crippen LogP contribution is 2.48. The molecule has 1 fully saturated rings. The molecule has 0 saturated carbocycles. The minimum absolute atomic E-state index is 0.0188. The molecule has 1 amide bonds. The van der Waals surface area contributed by atoms with E-state index in [0.717, 1.165) is 0 Å². The predicted molar refractivity (Wildman–Crippen MR) is 169 cm³/mol. The van der Waals surface area contributed by atoms with Crippen LogP contribution < -0.4 is 20.3 Å². The van der Waals surface area contributed by atoms with E-state index in [4.69, 9.17) is 30.0 Å². The van der Waals surface area contributed by atoms with E-state index < -0.39 is 60.2 Å². The summed E-state index contributed by atoms with van der Waals surface area (Å²) in [6.45, 7) is 3.14. The number of anilines is 2. The number of pyridine rings is 1. The van der Waals surface area contributed by atoms with Crippen molar-refractivity contribution in [1.29, 1.82) is 0 Å². The van der Waals surface area contributed by atoms with Crippen LogP contribution in [-0.4, -0.2) is 67.8 Å². The molecule has 5 rings (SSSR count). The molecule has 10 nitrogen and oxygen atoms in total. The molecular formula is C34H36F6N4O6. The largest absolute Gasteiger partial charge is 0.497 e. The minimum atomic E-state index is -5.03. The lowest BCUT2D eigenvalue weighted by atomic mass is 9.77. The maximum Gasteiger partial charge on any atom is 0.416 e.